The minimum atomic E-state index is -0.926. The number of amides is 2. The fourth-order valence-corrected chi connectivity index (χ4v) is 4.90. The Hall–Kier alpha value is -3.61. The minimum Gasteiger partial charge on any atom is -0.481 e. The van der Waals surface area contributed by atoms with Crippen LogP contribution in [0.15, 0.2) is 60.7 Å². The number of alkyl carbamates (subject to hydrolysis) is 1. The van der Waals surface area contributed by atoms with E-state index >= 15 is 0 Å². The normalized spacial score (nSPS) is 18.6. The quantitative estimate of drug-likeness (QED) is 0.574. The highest BCUT2D eigenvalue weighted by molar-refractivity contribution is 5.80. The Bertz CT molecular complexity index is 1050. The Labute approximate surface area is 199 Å². The van der Waals surface area contributed by atoms with E-state index in [-0.39, 0.29) is 43.4 Å². The van der Waals surface area contributed by atoms with E-state index in [2.05, 4.69) is 29.6 Å². The van der Waals surface area contributed by atoms with E-state index in [9.17, 15) is 14.4 Å². The number of carbonyl (C=O) groups excluding carboxylic acids is 2. The predicted octanol–water partition coefficient (Wildman–Crippen LogP) is 4.18. The molecule has 0 radical (unpaired) electrons. The number of fused-ring (bicyclic) bond motifs is 3. The summed E-state index contributed by atoms with van der Waals surface area (Å²) in [5.74, 6) is -1.31. The van der Waals surface area contributed by atoms with Crippen molar-refractivity contribution < 1.29 is 24.2 Å². The van der Waals surface area contributed by atoms with Gasteiger partial charge in [0.1, 0.15) is 6.61 Å². The van der Waals surface area contributed by atoms with Crippen LogP contribution in [0.4, 0.5) is 4.79 Å². The molecule has 0 aliphatic heterocycles. The van der Waals surface area contributed by atoms with Crippen molar-refractivity contribution in [2.24, 2.45) is 5.92 Å². The van der Waals surface area contributed by atoms with Gasteiger partial charge in [-0.1, -0.05) is 60.7 Å². The molecule has 34 heavy (non-hydrogen) atoms. The number of ether oxygens (including phenoxy) is 1. The van der Waals surface area contributed by atoms with Gasteiger partial charge in [0.15, 0.2) is 0 Å². The summed E-state index contributed by atoms with van der Waals surface area (Å²) in [5.41, 5.74) is 4.65. The molecule has 0 saturated heterocycles. The second kappa shape index (κ2) is 10.5. The molecule has 7 heteroatoms. The van der Waals surface area contributed by atoms with E-state index in [4.69, 9.17) is 9.84 Å². The highest BCUT2D eigenvalue weighted by Gasteiger charge is 2.31. The van der Waals surface area contributed by atoms with Crippen LogP contribution in [0.3, 0.4) is 0 Å². The van der Waals surface area contributed by atoms with Gasteiger partial charge in [0.2, 0.25) is 5.91 Å². The molecule has 2 unspecified atom stereocenters. The fraction of sp³-hybridized carbons (Fsp3) is 0.370. The number of nitrogens with one attached hydrogen (secondary N) is 1. The van der Waals surface area contributed by atoms with Crippen molar-refractivity contribution in [1.82, 2.24) is 10.2 Å². The first-order valence-corrected chi connectivity index (χ1v) is 11.8. The maximum absolute atomic E-state index is 12.9. The Balaban J connectivity index is 1.33. The molecule has 2 N–H and O–H groups in total. The van der Waals surface area contributed by atoms with Crippen LogP contribution >= 0.6 is 0 Å². The summed E-state index contributed by atoms with van der Waals surface area (Å²) >= 11 is 0. The Morgan fingerprint density at radius 2 is 1.71 bits per heavy atom. The number of carboxylic acid groups (broad SMARTS) is 1. The van der Waals surface area contributed by atoms with Crippen LogP contribution in [0.1, 0.15) is 43.2 Å². The second-order valence-electron chi connectivity index (χ2n) is 8.73. The number of carboxylic acids is 1. The van der Waals surface area contributed by atoms with Crippen molar-refractivity contribution in [3.8, 4) is 11.1 Å². The Kier molecular flexibility index (Phi) is 7.30. The highest BCUT2D eigenvalue weighted by atomic mass is 16.5. The summed E-state index contributed by atoms with van der Waals surface area (Å²) in [7, 11) is 0. The third-order valence-corrected chi connectivity index (χ3v) is 6.61. The third-order valence-electron chi connectivity index (χ3n) is 6.61. The molecular weight excluding hydrogens is 432 g/mol. The molecule has 2 aliphatic carbocycles. The summed E-state index contributed by atoms with van der Waals surface area (Å²) in [6, 6.07) is 16.0. The average molecular weight is 463 g/mol. The highest BCUT2D eigenvalue weighted by Crippen LogP contribution is 2.44. The van der Waals surface area contributed by atoms with Crippen molar-refractivity contribution in [1.29, 1.82) is 0 Å². The number of nitrogens with zero attached hydrogens (tertiary/aromatic N) is 1. The van der Waals surface area contributed by atoms with Crippen LogP contribution in [-0.4, -0.2) is 53.7 Å². The standard InChI is InChI=1S/C27H30N2O5/c1-2-29(15-14-25(30)31)26(32)18-8-7-9-19(16-18)28-27(33)34-17-24-22-12-5-3-10-20(22)21-11-4-6-13-23(21)24/h3-7,9-13,18-19,24H,2,8,14-17H2,1H3,(H,28,33)(H,30,31). The van der Waals surface area contributed by atoms with Crippen molar-refractivity contribution in [3.63, 3.8) is 0 Å². The van der Waals surface area contributed by atoms with Gasteiger partial charge in [-0.25, -0.2) is 4.79 Å². The third kappa shape index (κ3) is 5.14. The molecule has 0 fully saturated rings. The van der Waals surface area contributed by atoms with Crippen molar-refractivity contribution in [2.75, 3.05) is 19.7 Å². The average Bonchev–Trinajstić information content (AvgIpc) is 3.17. The van der Waals surface area contributed by atoms with E-state index < -0.39 is 12.1 Å². The van der Waals surface area contributed by atoms with Crippen LogP contribution in [0.5, 0.6) is 0 Å². The van der Waals surface area contributed by atoms with Gasteiger partial charge in [0.05, 0.1) is 12.5 Å². The maximum atomic E-state index is 12.9. The number of hydrogen-bond donors (Lipinski definition) is 2. The number of rotatable bonds is 8. The predicted molar refractivity (Wildman–Crippen MR) is 128 cm³/mol. The molecule has 0 heterocycles. The molecule has 2 aliphatic rings. The van der Waals surface area contributed by atoms with Gasteiger partial charge in [0.25, 0.3) is 0 Å². The molecule has 0 bridgehead atoms. The van der Waals surface area contributed by atoms with Gasteiger partial charge in [0, 0.05) is 24.9 Å². The lowest BCUT2D eigenvalue weighted by Gasteiger charge is -2.29. The zero-order valence-electron chi connectivity index (χ0n) is 19.3. The number of hydrogen-bond acceptors (Lipinski definition) is 4. The molecule has 2 amide bonds. The van der Waals surface area contributed by atoms with Crippen molar-refractivity contribution >= 4 is 18.0 Å². The van der Waals surface area contributed by atoms with Gasteiger partial charge < -0.3 is 20.1 Å². The zero-order chi connectivity index (χ0) is 24.1. The molecule has 2 aromatic carbocycles. The smallest absolute Gasteiger partial charge is 0.407 e. The van der Waals surface area contributed by atoms with Crippen LogP contribution in [0.25, 0.3) is 11.1 Å². The molecule has 0 saturated carbocycles. The van der Waals surface area contributed by atoms with E-state index in [1.54, 1.807) is 4.90 Å². The summed E-state index contributed by atoms with van der Waals surface area (Å²) in [6.45, 7) is 2.72. The largest absolute Gasteiger partial charge is 0.481 e. The first-order valence-electron chi connectivity index (χ1n) is 11.8. The van der Waals surface area contributed by atoms with Crippen molar-refractivity contribution in [2.45, 2.75) is 38.1 Å². The van der Waals surface area contributed by atoms with Crippen LogP contribution in [-0.2, 0) is 14.3 Å². The summed E-state index contributed by atoms with van der Waals surface area (Å²) < 4.78 is 5.63. The summed E-state index contributed by atoms with van der Waals surface area (Å²) in [5, 5.41) is 11.8. The van der Waals surface area contributed by atoms with Crippen LogP contribution in [0.2, 0.25) is 0 Å². The number of allylic oxidation sites excluding steroid dienone is 1. The molecule has 178 valence electrons. The van der Waals surface area contributed by atoms with E-state index in [0.717, 1.165) is 11.1 Å². The lowest BCUT2D eigenvalue weighted by atomic mass is 9.90. The maximum Gasteiger partial charge on any atom is 0.407 e. The van der Waals surface area contributed by atoms with Crippen LogP contribution < -0.4 is 5.32 Å². The Morgan fingerprint density at radius 1 is 1.06 bits per heavy atom. The van der Waals surface area contributed by atoms with E-state index in [1.807, 2.05) is 43.3 Å². The number of carbonyl (C=O) groups is 3. The molecule has 7 nitrogen and oxygen atoms in total. The summed E-state index contributed by atoms with van der Waals surface area (Å²) in [4.78, 5) is 37.9. The molecule has 4 rings (SSSR count). The van der Waals surface area contributed by atoms with E-state index in [1.165, 1.54) is 11.1 Å². The molecular formula is C27H30N2O5. The topological polar surface area (TPSA) is 95.9 Å². The molecule has 2 aromatic rings. The minimum absolute atomic E-state index is 0.0123. The Morgan fingerprint density at radius 3 is 2.32 bits per heavy atom. The van der Waals surface area contributed by atoms with Crippen molar-refractivity contribution in [3.05, 3.63) is 71.8 Å². The monoisotopic (exact) mass is 462 g/mol. The van der Waals surface area contributed by atoms with Gasteiger partial charge in [-0.2, -0.15) is 0 Å². The SMILES string of the molecule is CCN(CCC(=O)O)C(=O)C1CC=CC(NC(=O)OCC2c3ccccc3-c3ccccc32)C1. The van der Waals surface area contributed by atoms with Gasteiger partial charge in [-0.05, 0) is 42.0 Å². The van der Waals surface area contributed by atoms with E-state index in [0.29, 0.717) is 19.4 Å². The molecule has 0 spiro atoms. The number of aliphatic carboxylic acids is 1. The first-order chi connectivity index (χ1) is 16.5. The fourth-order valence-electron chi connectivity index (χ4n) is 4.90. The number of benzene rings is 2. The van der Waals surface area contributed by atoms with Gasteiger partial charge in [-0.3, -0.25) is 9.59 Å². The lowest BCUT2D eigenvalue weighted by molar-refractivity contribution is -0.139. The molecule has 2 atom stereocenters. The lowest BCUT2D eigenvalue weighted by Crippen LogP contribution is -2.43. The molecule has 0 aromatic heterocycles. The van der Waals surface area contributed by atoms with Crippen LogP contribution in [0, 0.1) is 5.92 Å². The summed E-state index contributed by atoms with van der Waals surface area (Å²) in [6.07, 6.45) is 4.23. The second-order valence-corrected chi connectivity index (χ2v) is 8.73. The van der Waals surface area contributed by atoms with Gasteiger partial charge >= 0.3 is 12.1 Å². The zero-order valence-corrected chi connectivity index (χ0v) is 19.3. The van der Waals surface area contributed by atoms with Gasteiger partial charge in [-0.15, -0.1) is 0 Å². The first kappa shape index (κ1) is 23.5.